The number of nitrogens with one attached hydrogen (secondary N) is 1. The highest BCUT2D eigenvalue weighted by Crippen LogP contribution is 2.34. The van der Waals surface area contributed by atoms with Crippen LogP contribution in [0.25, 0.3) is 11.1 Å². The number of carbonyl (C=O) groups is 2. The molecule has 1 saturated heterocycles. The molecule has 46 heavy (non-hydrogen) atoms. The Labute approximate surface area is 276 Å². The number of fused-ring (bicyclic) bond motifs is 1. The molecule has 4 aromatic rings. The maximum Gasteiger partial charge on any atom is 0.258 e. The van der Waals surface area contributed by atoms with Gasteiger partial charge in [-0.2, -0.15) is 0 Å². The number of likely N-dealkylation sites (N-methyl/N-ethyl adjacent to an activating group) is 1. The number of benzene rings is 3. The summed E-state index contributed by atoms with van der Waals surface area (Å²) in [5, 5.41) is 5.18. The van der Waals surface area contributed by atoms with E-state index in [1.54, 1.807) is 17.4 Å². The van der Waals surface area contributed by atoms with Crippen LogP contribution in [0.2, 0.25) is 0 Å². The van der Waals surface area contributed by atoms with Gasteiger partial charge in [0, 0.05) is 35.6 Å². The van der Waals surface area contributed by atoms with Crippen molar-refractivity contribution < 1.29 is 14.3 Å². The Morgan fingerprint density at radius 3 is 2.59 bits per heavy atom. The predicted molar refractivity (Wildman–Crippen MR) is 188 cm³/mol. The molecule has 8 heteroatoms. The summed E-state index contributed by atoms with van der Waals surface area (Å²) in [6.45, 7) is 6.76. The Hall–Kier alpha value is -3.98. The Kier molecular flexibility index (Phi) is 10.8. The van der Waals surface area contributed by atoms with E-state index in [-0.39, 0.29) is 11.8 Å². The normalized spacial score (nSPS) is 15.9. The minimum atomic E-state index is -0.218. The molecule has 3 heterocycles. The molecule has 0 saturated carbocycles. The lowest BCUT2D eigenvalue weighted by atomic mass is 9.99. The molecular formula is C38H44N4O3S. The Bertz CT molecular complexity index is 1620. The third-order valence-corrected chi connectivity index (χ3v) is 9.93. The van der Waals surface area contributed by atoms with Gasteiger partial charge >= 0.3 is 0 Å². The molecule has 2 aliphatic rings. The second kappa shape index (κ2) is 15.5. The van der Waals surface area contributed by atoms with E-state index in [0.29, 0.717) is 35.7 Å². The van der Waals surface area contributed by atoms with Gasteiger partial charge in [-0.1, -0.05) is 48.5 Å². The van der Waals surface area contributed by atoms with Crippen molar-refractivity contribution in [2.45, 2.75) is 38.5 Å². The minimum Gasteiger partial charge on any atom is -0.491 e. The van der Waals surface area contributed by atoms with Crippen molar-refractivity contribution in [3.8, 4) is 16.9 Å². The van der Waals surface area contributed by atoms with Crippen molar-refractivity contribution in [2.75, 3.05) is 63.1 Å². The van der Waals surface area contributed by atoms with Gasteiger partial charge in [-0.15, -0.1) is 11.3 Å². The number of amides is 2. The summed E-state index contributed by atoms with van der Waals surface area (Å²) in [5.74, 6) is 0.267. The fourth-order valence-corrected chi connectivity index (χ4v) is 7.29. The van der Waals surface area contributed by atoms with Crippen LogP contribution < -0.4 is 15.0 Å². The van der Waals surface area contributed by atoms with Crippen molar-refractivity contribution in [3.05, 3.63) is 100 Å². The third-order valence-electron chi connectivity index (χ3n) is 8.97. The van der Waals surface area contributed by atoms with Gasteiger partial charge in [0.2, 0.25) is 0 Å². The van der Waals surface area contributed by atoms with E-state index in [2.05, 4.69) is 33.6 Å². The highest BCUT2D eigenvalue weighted by molar-refractivity contribution is 7.10. The van der Waals surface area contributed by atoms with E-state index in [4.69, 9.17) is 4.74 Å². The van der Waals surface area contributed by atoms with Crippen LogP contribution in [0.4, 0.5) is 11.4 Å². The Morgan fingerprint density at radius 1 is 0.848 bits per heavy atom. The first kappa shape index (κ1) is 32.0. The lowest BCUT2D eigenvalue weighted by molar-refractivity contribution is 0.0985. The topological polar surface area (TPSA) is 65.1 Å². The molecule has 1 N–H and O–H groups in total. The molecule has 7 nitrogen and oxygen atoms in total. The quantitative estimate of drug-likeness (QED) is 0.183. The predicted octanol–water partition coefficient (Wildman–Crippen LogP) is 7.45. The minimum absolute atomic E-state index is 0.0372. The molecule has 0 bridgehead atoms. The zero-order valence-electron chi connectivity index (χ0n) is 26.7. The van der Waals surface area contributed by atoms with Crippen LogP contribution >= 0.6 is 11.3 Å². The van der Waals surface area contributed by atoms with E-state index in [0.717, 1.165) is 81.6 Å². The molecule has 0 radical (unpaired) electrons. The van der Waals surface area contributed by atoms with Gasteiger partial charge in [0.05, 0.1) is 18.0 Å². The van der Waals surface area contributed by atoms with E-state index in [9.17, 15) is 9.59 Å². The number of hydrogen-bond acceptors (Lipinski definition) is 6. The molecule has 2 aliphatic heterocycles. The summed E-state index contributed by atoms with van der Waals surface area (Å²) in [4.78, 5) is 35.7. The number of rotatable bonds is 10. The van der Waals surface area contributed by atoms with Crippen molar-refractivity contribution in [2.24, 2.45) is 0 Å². The lowest BCUT2D eigenvalue weighted by Gasteiger charge is -2.22. The molecule has 240 valence electrons. The lowest BCUT2D eigenvalue weighted by Crippen LogP contribution is -2.31. The molecule has 0 atom stereocenters. The van der Waals surface area contributed by atoms with Gasteiger partial charge in [-0.3, -0.25) is 9.59 Å². The third kappa shape index (κ3) is 7.86. The summed E-state index contributed by atoms with van der Waals surface area (Å²) in [7, 11) is 2.19. The number of ether oxygens (including phenoxy) is 1. The SMILES string of the molecule is CN1CCCN(CCCCOc2cc(C(=O)N3CCCCc4sccc43)ccc2NC(=O)c2ccccc2-c2ccccc2)CC1. The number of anilines is 2. The maximum absolute atomic E-state index is 13.9. The molecule has 0 aliphatic carbocycles. The average Bonchev–Trinajstić information content (AvgIpc) is 3.32. The van der Waals surface area contributed by atoms with E-state index < -0.39 is 0 Å². The average molecular weight is 637 g/mol. The fourth-order valence-electron chi connectivity index (χ4n) is 6.37. The number of hydrogen-bond donors (Lipinski definition) is 1. The highest BCUT2D eigenvalue weighted by atomic mass is 32.1. The number of thiophene rings is 1. The van der Waals surface area contributed by atoms with Crippen molar-refractivity contribution in [1.29, 1.82) is 0 Å². The van der Waals surface area contributed by atoms with Crippen LogP contribution in [0.3, 0.4) is 0 Å². The van der Waals surface area contributed by atoms with Gasteiger partial charge in [-0.25, -0.2) is 0 Å². The molecule has 1 aromatic heterocycles. The second-order valence-corrected chi connectivity index (χ2v) is 13.3. The summed E-state index contributed by atoms with van der Waals surface area (Å²) >= 11 is 1.72. The van der Waals surface area contributed by atoms with Crippen molar-refractivity contribution in [1.82, 2.24) is 9.80 Å². The van der Waals surface area contributed by atoms with E-state index in [1.807, 2.05) is 71.6 Å². The number of aryl methyl sites for hydroxylation is 1. The molecule has 2 amide bonds. The molecule has 1 fully saturated rings. The van der Waals surface area contributed by atoms with Crippen LogP contribution in [0.15, 0.2) is 84.2 Å². The molecule has 6 rings (SSSR count). The Balaban J connectivity index is 1.20. The highest BCUT2D eigenvalue weighted by Gasteiger charge is 2.25. The van der Waals surface area contributed by atoms with Crippen LogP contribution in [-0.4, -0.2) is 74.5 Å². The standard InChI is InChI=1S/C38H44N4O3S/c1-40-20-11-22-41(25-24-40)21-9-10-26-45-35-28-30(38(44)42-23-8-7-16-36-34(42)19-27-46-36)17-18-33(35)39-37(43)32-15-6-5-14-31(32)29-12-3-2-4-13-29/h2-6,12-15,17-19,27-28H,7-11,16,20-26H2,1H3,(H,39,43). The molecular weight excluding hydrogens is 593 g/mol. The van der Waals surface area contributed by atoms with Gasteiger partial charge in [0.1, 0.15) is 5.75 Å². The summed E-state index contributed by atoms with van der Waals surface area (Å²) < 4.78 is 6.37. The first-order valence-corrected chi connectivity index (χ1v) is 17.5. The van der Waals surface area contributed by atoms with Crippen LogP contribution in [0, 0.1) is 0 Å². The number of nitrogens with zero attached hydrogens (tertiary/aromatic N) is 3. The van der Waals surface area contributed by atoms with Crippen molar-refractivity contribution in [3.63, 3.8) is 0 Å². The van der Waals surface area contributed by atoms with Crippen LogP contribution in [0.1, 0.15) is 57.7 Å². The molecule has 0 spiro atoms. The van der Waals surface area contributed by atoms with E-state index >= 15 is 0 Å². The Morgan fingerprint density at radius 2 is 1.70 bits per heavy atom. The van der Waals surface area contributed by atoms with Gasteiger partial charge in [0.15, 0.2) is 0 Å². The molecule has 3 aromatic carbocycles. The largest absolute Gasteiger partial charge is 0.491 e. The van der Waals surface area contributed by atoms with Crippen LogP contribution in [0.5, 0.6) is 5.75 Å². The zero-order chi connectivity index (χ0) is 31.7. The monoisotopic (exact) mass is 636 g/mol. The zero-order valence-corrected chi connectivity index (χ0v) is 27.6. The number of carbonyl (C=O) groups excluding carboxylic acids is 2. The first-order valence-electron chi connectivity index (χ1n) is 16.6. The summed E-state index contributed by atoms with van der Waals surface area (Å²) in [6, 6.07) is 25.0. The second-order valence-electron chi connectivity index (χ2n) is 12.3. The maximum atomic E-state index is 13.9. The summed E-state index contributed by atoms with van der Waals surface area (Å²) in [6.07, 6.45) is 6.18. The summed E-state index contributed by atoms with van der Waals surface area (Å²) in [5.41, 5.74) is 4.56. The van der Waals surface area contributed by atoms with Crippen LogP contribution in [-0.2, 0) is 6.42 Å². The smallest absolute Gasteiger partial charge is 0.258 e. The number of unbranched alkanes of at least 4 members (excludes halogenated alkanes) is 1. The first-order chi connectivity index (χ1) is 22.6. The molecule has 0 unspecified atom stereocenters. The van der Waals surface area contributed by atoms with E-state index in [1.165, 1.54) is 11.3 Å². The van der Waals surface area contributed by atoms with Crippen molar-refractivity contribution >= 4 is 34.5 Å². The fraction of sp³-hybridized carbons (Fsp3) is 0.368. The van der Waals surface area contributed by atoms with Gasteiger partial charge in [-0.05, 0) is 112 Å². The van der Waals surface area contributed by atoms with Gasteiger partial charge < -0.3 is 24.8 Å². The van der Waals surface area contributed by atoms with Gasteiger partial charge in [0.25, 0.3) is 11.8 Å².